The second kappa shape index (κ2) is 12.7. The van der Waals surface area contributed by atoms with Gasteiger partial charge < -0.3 is 24.3 Å². The summed E-state index contributed by atoms with van der Waals surface area (Å²) in [4.78, 5) is 37.5. The zero-order valence-electron chi connectivity index (χ0n) is 25.9. The van der Waals surface area contributed by atoms with Gasteiger partial charge in [0.25, 0.3) is 0 Å². The number of ketones is 1. The fourth-order valence-electron chi connectivity index (χ4n) is 7.38. The fourth-order valence-corrected chi connectivity index (χ4v) is 7.38. The number of alkyl halides is 3. The number of hydrogen-bond acceptors (Lipinski definition) is 8. The highest BCUT2D eigenvalue weighted by Gasteiger charge is 2.69. The van der Waals surface area contributed by atoms with E-state index in [1.54, 1.807) is 30.3 Å². The molecule has 0 aromatic heterocycles. The molecule has 46 heavy (non-hydrogen) atoms. The molecule has 7 rings (SSSR count). The molecule has 1 spiro atoms. The zero-order chi connectivity index (χ0) is 32.7. The molecule has 1 amide bonds. The Bertz CT molecular complexity index is 1470. The number of hydrogen-bond donors (Lipinski definition) is 1. The summed E-state index contributed by atoms with van der Waals surface area (Å²) in [7, 11) is 0. The van der Waals surface area contributed by atoms with Crippen LogP contribution in [0.15, 0.2) is 54.6 Å². The number of rotatable bonds is 9. The number of halogens is 3. The molecule has 9 nitrogen and oxygen atoms in total. The number of amides is 1. The largest absolute Gasteiger partial charge is 0.573 e. The number of allylic oxidation sites excluding steroid dienone is 1. The molecule has 2 aromatic rings. The first kappa shape index (κ1) is 32.6. The lowest BCUT2D eigenvalue weighted by molar-refractivity contribution is -0.571. The van der Waals surface area contributed by atoms with Crippen LogP contribution in [0.1, 0.15) is 67.9 Å². The normalized spacial score (nSPS) is 33.7. The summed E-state index contributed by atoms with van der Waals surface area (Å²) in [5.41, 5.74) is 0.822. The van der Waals surface area contributed by atoms with Crippen molar-refractivity contribution in [1.82, 2.24) is 5.32 Å². The number of fused-ring (bicyclic) bond motifs is 2. The van der Waals surface area contributed by atoms with Crippen LogP contribution >= 0.6 is 0 Å². The van der Waals surface area contributed by atoms with E-state index in [-0.39, 0.29) is 48.4 Å². The Hall–Kier alpha value is -3.29. The van der Waals surface area contributed by atoms with E-state index in [1.165, 1.54) is 30.4 Å². The highest BCUT2D eigenvalue weighted by Crippen LogP contribution is 2.60. The van der Waals surface area contributed by atoms with E-state index in [2.05, 4.69) is 23.9 Å². The van der Waals surface area contributed by atoms with Crippen LogP contribution in [0.3, 0.4) is 0 Å². The maximum Gasteiger partial charge on any atom is 0.573 e. The highest BCUT2D eigenvalue weighted by atomic mass is 19.4. The summed E-state index contributed by atoms with van der Waals surface area (Å²) >= 11 is 0. The van der Waals surface area contributed by atoms with Crippen LogP contribution < -0.4 is 10.1 Å². The molecule has 1 aliphatic carbocycles. The third-order valence-electron chi connectivity index (χ3n) is 9.72. The van der Waals surface area contributed by atoms with Crippen molar-refractivity contribution in [3.05, 3.63) is 71.3 Å². The van der Waals surface area contributed by atoms with E-state index in [1.807, 2.05) is 6.92 Å². The Morgan fingerprint density at radius 2 is 1.83 bits per heavy atom. The van der Waals surface area contributed by atoms with Crippen LogP contribution in [0.2, 0.25) is 0 Å². The molecule has 4 heterocycles. The van der Waals surface area contributed by atoms with Gasteiger partial charge in [-0.25, -0.2) is 9.78 Å². The van der Waals surface area contributed by atoms with Gasteiger partial charge in [-0.3, -0.25) is 9.59 Å². The van der Waals surface area contributed by atoms with Gasteiger partial charge in [0.1, 0.15) is 18.6 Å². The Kier molecular flexibility index (Phi) is 9.03. The van der Waals surface area contributed by atoms with Crippen molar-refractivity contribution in [1.29, 1.82) is 0 Å². The summed E-state index contributed by atoms with van der Waals surface area (Å²) in [6.07, 6.45) is 0.281. The van der Waals surface area contributed by atoms with Gasteiger partial charge in [0.15, 0.2) is 17.7 Å². The van der Waals surface area contributed by atoms with Crippen molar-refractivity contribution in [2.45, 2.75) is 83.3 Å². The van der Waals surface area contributed by atoms with Crippen molar-refractivity contribution in [3.63, 3.8) is 0 Å². The van der Waals surface area contributed by atoms with Crippen LogP contribution in [0, 0.1) is 23.7 Å². The minimum Gasteiger partial charge on any atom is -0.406 e. The number of carbonyl (C=O) groups is 2. The third kappa shape index (κ3) is 6.72. The summed E-state index contributed by atoms with van der Waals surface area (Å²) in [5.74, 6) is -1.19. The van der Waals surface area contributed by atoms with Gasteiger partial charge >= 0.3 is 6.36 Å². The lowest BCUT2D eigenvalue weighted by Crippen LogP contribution is -2.72. The molecule has 0 radical (unpaired) electrons. The van der Waals surface area contributed by atoms with Gasteiger partial charge in [0.05, 0.1) is 6.61 Å². The van der Waals surface area contributed by atoms with Crippen molar-refractivity contribution >= 4 is 17.8 Å². The van der Waals surface area contributed by atoms with Crippen LogP contribution in [-0.2, 0) is 35.4 Å². The van der Waals surface area contributed by atoms with Gasteiger partial charge in [0, 0.05) is 23.8 Å². The van der Waals surface area contributed by atoms with E-state index in [4.69, 9.17) is 24.0 Å². The summed E-state index contributed by atoms with van der Waals surface area (Å²) in [5, 5.41) is 2.98. The lowest BCUT2D eigenvalue weighted by atomic mass is 9.58. The van der Waals surface area contributed by atoms with Gasteiger partial charge in [-0.1, -0.05) is 56.3 Å². The van der Waals surface area contributed by atoms with Crippen LogP contribution in [0.5, 0.6) is 5.75 Å². The second-order valence-electron chi connectivity index (χ2n) is 12.9. The van der Waals surface area contributed by atoms with Crippen molar-refractivity contribution in [2.24, 2.45) is 23.7 Å². The molecule has 12 heteroatoms. The third-order valence-corrected chi connectivity index (χ3v) is 9.72. The smallest absolute Gasteiger partial charge is 0.406 e. The molecular formula is C34H38F3NO8. The van der Waals surface area contributed by atoms with Gasteiger partial charge in [0.2, 0.25) is 11.7 Å². The first-order valence-electron chi connectivity index (χ1n) is 15.6. The summed E-state index contributed by atoms with van der Waals surface area (Å²) < 4.78 is 59.7. The molecule has 2 bridgehead atoms. The van der Waals surface area contributed by atoms with E-state index >= 15 is 0 Å². The molecule has 0 unspecified atom stereocenters. The van der Waals surface area contributed by atoms with Crippen LogP contribution in [0.4, 0.5) is 13.2 Å². The van der Waals surface area contributed by atoms with Crippen molar-refractivity contribution in [3.8, 4) is 5.75 Å². The monoisotopic (exact) mass is 645 g/mol. The first-order chi connectivity index (χ1) is 21.8. The van der Waals surface area contributed by atoms with Crippen molar-refractivity contribution in [2.75, 3.05) is 6.61 Å². The topological polar surface area (TPSA) is 102 Å². The zero-order valence-corrected chi connectivity index (χ0v) is 25.9. The van der Waals surface area contributed by atoms with Crippen LogP contribution in [-0.4, -0.2) is 48.6 Å². The number of ether oxygens (including phenoxy) is 4. The molecular weight excluding hydrogens is 607 g/mol. The first-order valence-corrected chi connectivity index (χ1v) is 15.6. The molecule has 5 aliphatic rings. The highest BCUT2D eigenvalue weighted by molar-refractivity contribution is 6.06. The van der Waals surface area contributed by atoms with Gasteiger partial charge in [-0.15, -0.1) is 13.2 Å². The summed E-state index contributed by atoms with van der Waals surface area (Å²) in [6, 6.07) is 12.0. The van der Waals surface area contributed by atoms with Gasteiger partial charge in [-0.2, -0.15) is 0 Å². The lowest BCUT2D eigenvalue weighted by Gasteiger charge is -2.60. The van der Waals surface area contributed by atoms with Gasteiger partial charge in [-0.05, 0) is 67.4 Å². The molecule has 1 N–H and O–H groups in total. The quantitative estimate of drug-likeness (QED) is 0.192. The average Bonchev–Trinajstić information content (AvgIpc) is 3.24. The number of benzene rings is 2. The molecule has 4 aliphatic heterocycles. The Labute approximate surface area is 265 Å². The van der Waals surface area contributed by atoms with E-state index < -0.39 is 30.3 Å². The maximum absolute atomic E-state index is 12.9. The molecule has 4 saturated heterocycles. The average molecular weight is 646 g/mol. The Balaban J connectivity index is 0.999. The van der Waals surface area contributed by atoms with Crippen LogP contribution in [0.25, 0.3) is 6.08 Å². The van der Waals surface area contributed by atoms with E-state index in [9.17, 15) is 22.8 Å². The van der Waals surface area contributed by atoms with E-state index in [0.29, 0.717) is 23.5 Å². The second-order valence-corrected chi connectivity index (χ2v) is 12.9. The summed E-state index contributed by atoms with van der Waals surface area (Å²) in [6.45, 7) is 6.13. The molecule has 248 valence electrons. The Morgan fingerprint density at radius 3 is 2.59 bits per heavy atom. The standard InChI is InChI=1S/C34H38F3NO8/c1-20-7-13-27-21(2)30(42-31-33(27)26(20)15-16-32(3,44-31)45-46-33)38-29(40)19-41-18-23-8-11-24(12-9-23)28(39)14-10-22-5-4-6-25(17-22)43-34(35,36)37/h4-6,8-12,14,17,20-21,26-27,30-31H,7,13,15-16,18-19H2,1-3H3,(H,38,40)/b14-10+/t20-,21-,26+,27+,30-,31-,32-,33-/m1/s1. The molecule has 5 fully saturated rings. The Morgan fingerprint density at radius 1 is 1.04 bits per heavy atom. The minimum atomic E-state index is -4.80. The minimum absolute atomic E-state index is 0.0406. The fraction of sp³-hybridized carbons (Fsp3) is 0.529. The number of nitrogens with one attached hydrogen (secondary N) is 1. The maximum atomic E-state index is 12.9. The molecule has 2 aromatic carbocycles. The molecule has 1 saturated carbocycles. The SMILES string of the molecule is C[C@H]1[C@H](NC(=O)COCc2ccc(C(=O)/C=C/c3cccc(OC(F)(F)F)c3)cc2)O[C@@H]2O[C@@]3(C)CC[C@H]4[C@H](C)CC[C@@H]1[C@@]24OO3. The predicted molar refractivity (Wildman–Crippen MR) is 158 cm³/mol. The van der Waals surface area contributed by atoms with Crippen molar-refractivity contribution < 1.29 is 51.5 Å². The number of carbonyl (C=O) groups excluding carboxylic acids is 2. The predicted octanol–water partition coefficient (Wildman–Crippen LogP) is 6.32. The van der Waals surface area contributed by atoms with E-state index in [0.717, 1.165) is 24.8 Å². The molecule has 8 atom stereocenters.